The predicted molar refractivity (Wildman–Crippen MR) is 68.8 cm³/mol. The lowest BCUT2D eigenvalue weighted by Crippen LogP contribution is -2.05. The Morgan fingerprint density at radius 3 is 2.05 bits per heavy atom. The third-order valence-corrected chi connectivity index (χ3v) is 4.28. The van der Waals surface area contributed by atoms with Crippen LogP contribution in [0.5, 0.6) is 0 Å². The molecule has 0 aliphatic heterocycles. The summed E-state index contributed by atoms with van der Waals surface area (Å²) in [6, 6.07) is 2.86. The molecule has 0 bridgehead atoms. The molecule has 1 aromatic heterocycles. The van der Waals surface area contributed by atoms with Crippen LogP contribution < -0.4 is 0 Å². The molecule has 0 aliphatic carbocycles. The van der Waals surface area contributed by atoms with Crippen molar-refractivity contribution in [2.45, 2.75) is 15.7 Å². The number of aromatic nitrogens is 3. The van der Waals surface area contributed by atoms with Crippen LogP contribution in [-0.4, -0.2) is 21.6 Å². The Labute approximate surface area is 125 Å². The smallest absolute Gasteiger partial charge is 0.197 e. The minimum atomic E-state index is -9.57. The first-order chi connectivity index (χ1) is 9.96. The first-order valence-electron chi connectivity index (χ1n) is 5.27. The lowest BCUT2D eigenvalue weighted by molar-refractivity contribution is -0.191. The highest BCUT2D eigenvalue weighted by atomic mass is 32.5. The van der Waals surface area contributed by atoms with Gasteiger partial charge in [0.05, 0.1) is 6.20 Å². The third kappa shape index (κ3) is 5.84. The number of rotatable bonds is 4. The Morgan fingerprint density at radius 2 is 1.64 bits per heavy atom. The van der Waals surface area contributed by atoms with E-state index in [-0.39, 0.29) is 6.15 Å². The number of thioether (sulfide) groups is 1. The van der Waals surface area contributed by atoms with Crippen molar-refractivity contribution in [3.05, 3.63) is 36.0 Å². The predicted octanol–water partition coefficient (Wildman–Crippen LogP) is 4.17. The van der Waals surface area contributed by atoms with Gasteiger partial charge in [-0.05, 0) is 17.7 Å². The van der Waals surface area contributed by atoms with Crippen LogP contribution in [0, 0.1) is 0 Å². The number of benzene rings is 1. The average molecular weight is 361 g/mol. The molecule has 1 heterocycles. The van der Waals surface area contributed by atoms with Gasteiger partial charge in [-0.2, -0.15) is 19.9 Å². The van der Waals surface area contributed by atoms with Gasteiger partial charge in [-0.3, -0.25) is 0 Å². The fraction of sp³-hybridized carbons (Fsp3) is 0.100. The summed E-state index contributed by atoms with van der Waals surface area (Å²) in [7, 11) is -9.57. The van der Waals surface area contributed by atoms with Crippen molar-refractivity contribution < 1.29 is 29.0 Å². The molecule has 122 valence electrons. The summed E-state index contributed by atoms with van der Waals surface area (Å²) in [5.74, 6) is 0.313. The molecule has 0 unspecified atom stereocenters. The molecule has 5 nitrogen and oxygen atoms in total. The van der Waals surface area contributed by atoms with E-state index in [1.807, 2.05) is 0 Å². The van der Waals surface area contributed by atoms with Gasteiger partial charge < -0.3 is 0 Å². The van der Waals surface area contributed by atoms with Crippen molar-refractivity contribution in [1.82, 2.24) is 15.4 Å². The van der Waals surface area contributed by atoms with E-state index in [2.05, 4.69) is 15.4 Å². The summed E-state index contributed by atoms with van der Waals surface area (Å²) in [4.78, 5) is 14.4. The van der Waals surface area contributed by atoms with Crippen LogP contribution in [0.25, 0.3) is 0 Å². The lowest BCUT2D eigenvalue weighted by Gasteiger charge is -2.40. The second-order valence-corrected chi connectivity index (χ2v) is 7.20. The Hall–Kier alpha value is -1.91. The lowest BCUT2D eigenvalue weighted by atomic mass is 10.2. The van der Waals surface area contributed by atoms with Crippen LogP contribution in [0.2, 0.25) is 0 Å². The van der Waals surface area contributed by atoms with E-state index in [0.29, 0.717) is 28.5 Å². The zero-order valence-electron chi connectivity index (χ0n) is 10.5. The minimum absolute atomic E-state index is 0.250. The number of hydrogen-bond acceptors (Lipinski definition) is 5. The molecule has 22 heavy (non-hydrogen) atoms. The van der Waals surface area contributed by atoms with Crippen molar-refractivity contribution in [1.29, 1.82) is 0 Å². The van der Waals surface area contributed by atoms with Crippen molar-refractivity contribution >= 4 is 28.1 Å². The fourth-order valence-corrected chi connectivity index (χ4v) is 2.65. The molecule has 1 aromatic carbocycles. The maximum atomic E-state index is 12.5. The largest absolute Gasteiger partial charge is 0.373 e. The van der Waals surface area contributed by atoms with Gasteiger partial charge in [-0.25, -0.2) is 0 Å². The fourth-order valence-electron chi connectivity index (χ4n) is 1.26. The first kappa shape index (κ1) is 18.1. The van der Waals surface area contributed by atoms with E-state index < -0.39 is 15.1 Å². The van der Waals surface area contributed by atoms with Crippen LogP contribution in [0.3, 0.4) is 0 Å². The summed E-state index contributed by atoms with van der Waals surface area (Å²) in [5, 5.41) is 10.2. The van der Waals surface area contributed by atoms with Crippen molar-refractivity contribution in [3.8, 4) is 0 Å². The third-order valence-electron chi connectivity index (χ3n) is 2.15. The SMILES string of the molecule is FS(F)(F)(F)(F)c1ccc(CSc2cn[nH]n2)cc1.O=C=O. The van der Waals surface area contributed by atoms with Crippen LogP contribution in [0.1, 0.15) is 5.56 Å². The van der Waals surface area contributed by atoms with E-state index in [4.69, 9.17) is 9.59 Å². The topological polar surface area (TPSA) is 75.7 Å². The number of halogens is 5. The summed E-state index contributed by atoms with van der Waals surface area (Å²) >= 11 is 1.23. The number of carbonyl (C=O) groups excluding carboxylic acids is 2. The Morgan fingerprint density at radius 1 is 1.09 bits per heavy atom. The quantitative estimate of drug-likeness (QED) is 0.653. The second kappa shape index (κ2) is 5.71. The van der Waals surface area contributed by atoms with Gasteiger partial charge in [0.2, 0.25) is 0 Å². The van der Waals surface area contributed by atoms with Gasteiger partial charge in [0.15, 0.2) is 0 Å². The number of nitrogens with one attached hydrogen (secondary N) is 1. The highest BCUT2D eigenvalue weighted by Crippen LogP contribution is 3.02. The number of nitrogens with zero attached hydrogens (tertiary/aromatic N) is 2. The Balaban J connectivity index is 0.000000745. The van der Waals surface area contributed by atoms with Crippen LogP contribution in [0.15, 0.2) is 40.4 Å². The Bertz CT molecular complexity index is 652. The number of aromatic amines is 1. The van der Waals surface area contributed by atoms with Gasteiger partial charge >= 0.3 is 16.4 Å². The zero-order valence-corrected chi connectivity index (χ0v) is 12.1. The molecule has 0 amide bonds. The molecule has 0 atom stereocenters. The number of hydrogen-bond donors (Lipinski definition) is 1. The van der Waals surface area contributed by atoms with E-state index in [1.165, 1.54) is 18.0 Å². The maximum Gasteiger partial charge on any atom is 0.373 e. The molecular weight excluding hydrogens is 353 g/mol. The van der Waals surface area contributed by atoms with E-state index in [1.54, 1.807) is 0 Å². The molecule has 0 saturated heterocycles. The minimum Gasteiger partial charge on any atom is -0.197 e. The second-order valence-electron chi connectivity index (χ2n) is 3.79. The van der Waals surface area contributed by atoms with Crippen LogP contribution in [0.4, 0.5) is 19.4 Å². The van der Waals surface area contributed by atoms with E-state index in [9.17, 15) is 19.4 Å². The molecular formula is C10H8F5N3O2S2. The zero-order chi connectivity index (χ0) is 16.9. The summed E-state index contributed by atoms with van der Waals surface area (Å²) in [5.41, 5.74) is 0.485. The van der Waals surface area contributed by atoms with Gasteiger partial charge in [-0.1, -0.05) is 43.3 Å². The highest BCUT2D eigenvalue weighted by Gasteiger charge is 2.65. The molecule has 2 aromatic rings. The van der Waals surface area contributed by atoms with Crippen molar-refractivity contribution in [3.63, 3.8) is 0 Å². The van der Waals surface area contributed by atoms with Crippen LogP contribution >= 0.6 is 22.0 Å². The Kier molecular flexibility index (Phi) is 4.70. The van der Waals surface area contributed by atoms with Crippen LogP contribution in [-0.2, 0) is 15.3 Å². The molecule has 2 rings (SSSR count). The van der Waals surface area contributed by atoms with E-state index in [0.717, 1.165) is 12.1 Å². The standard InChI is InChI=1S/C9H8F5N3S2.CO2/c10-19(11,12,13,14)8-3-1-7(2-4-8)6-18-9-5-15-17-16-9;2-1-3/h1-5H,6H2,(H,15,16,17);. The van der Waals surface area contributed by atoms with Gasteiger partial charge in [0.25, 0.3) is 0 Å². The normalized spacial score (nSPS) is 14.0. The average Bonchev–Trinajstić information content (AvgIpc) is 2.88. The number of H-pyrrole nitrogens is 1. The molecule has 0 saturated carbocycles. The highest BCUT2D eigenvalue weighted by molar-refractivity contribution is 8.45. The first-order valence-corrected chi connectivity index (χ1v) is 8.21. The molecule has 12 heteroatoms. The molecule has 0 radical (unpaired) electrons. The van der Waals surface area contributed by atoms with Gasteiger partial charge in [0, 0.05) is 5.75 Å². The van der Waals surface area contributed by atoms with Gasteiger partial charge in [0.1, 0.15) is 9.92 Å². The molecule has 0 fully saturated rings. The summed E-state index contributed by atoms with van der Waals surface area (Å²) in [6.07, 6.45) is 1.70. The van der Waals surface area contributed by atoms with Crippen molar-refractivity contribution in [2.75, 3.05) is 0 Å². The molecule has 0 aliphatic rings. The monoisotopic (exact) mass is 361 g/mol. The molecule has 1 N–H and O–H groups in total. The maximum absolute atomic E-state index is 12.5. The van der Waals surface area contributed by atoms with E-state index >= 15 is 0 Å². The van der Waals surface area contributed by atoms with Gasteiger partial charge in [-0.15, -0.1) is 5.10 Å². The summed E-state index contributed by atoms with van der Waals surface area (Å²) < 4.78 is 62.3. The summed E-state index contributed by atoms with van der Waals surface area (Å²) in [6.45, 7) is 0. The molecule has 0 spiro atoms. The van der Waals surface area contributed by atoms with Crippen molar-refractivity contribution in [2.24, 2.45) is 0 Å².